The maximum Gasteiger partial charge on any atom is 0.306 e. The zero-order valence-electron chi connectivity index (χ0n) is 58.4. The lowest BCUT2D eigenvalue weighted by Crippen LogP contribution is -2.63. The zero-order chi connectivity index (χ0) is 77.2. The molecule has 42 heteroatoms. The van der Waals surface area contributed by atoms with Crippen LogP contribution in [0.2, 0.25) is 0 Å². The number of nitrogens with zero attached hydrogens (tertiary/aromatic N) is 6. The van der Waals surface area contributed by atoms with E-state index in [1.807, 2.05) is 0 Å². The lowest BCUT2D eigenvalue weighted by Gasteiger charge is -2.44. The summed E-state index contributed by atoms with van der Waals surface area (Å²) in [4.78, 5) is 140. The number of benzene rings is 2. The van der Waals surface area contributed by atoms with Crippen LogP contribution in [0, 0.1) is 0 Å². The van der Waals surface area contributed by atoms with E-state index in [0.717, 1.165) is 85.4 Å². The Balaban J connectivity index is 0.000000540. The SMILES string of the molecule is CC(=O)OC[C@H]1OC(Oc2ccc(CS(=O)(=O)F)cc2C(=O)NCCOCCOCCOCCN=[N+]=[N-])[C@H](OC(C)=O)[C@@H](OC(C)=O)[C@H]1OC(C)=O.CC(=O)OC[C@H]1OC(Oc2ccc(CSC(C)=O)cc2C(=O)NCCOCCOCCOCCN=[N+]=[N-])[C@H](OC(C)=O)[C@@H](OC(C)=O)[C@H]1OC(C)=O. The molecule has 2 amide bonds. The summed E-state index contributed by atoms with van der Waals surface area (Å²) < 4.78 is 135. The molecule has 2 N–H and O–H groups in total. The number of esters is 8. The number of carbonyl (C=O) groups is 11. The highest BCUT2D eigenvalue weighted by Crippen LogP contribution is 2.35. The van der Waals surface area contributed by atoms with Crippen molar-refractivity contribution in [2.75, 3.05) is 119 Å². The first-order valence-corrected chi connectivity index (χ1v) is 34.3. The molecular formula is C62H85FN8O31S2. The van der Waals surface area contributed by atoms with Crippen molar-refractivity contribution < 1.29 is 150 Å². The van der Waals surface area contributed by atoms with Crippen molar-refractivity contribution in [2.45, 2.75) is 135 Å². The third-order valence-electron chi connectivity index (χ3n) is 13.1. The van der Waals surface area contributed by atoms with Crippen molar-refractivity contribution in [3.05, 3.63) is 79.5 Å². The molecule has 2 aromatic rings. The van der Waals surface area contributed by atoms with E-state index in [-0.39, 0.29) is 131 Å². The van der Waals surface area contributed by atoms with Crippen LogP contribution in [0.25, 0.3) is 20.9 Å². The molecule has 2 aliphatic rings. The van der Waals surface area contributed by atoms with E-state index < -0.39 is 150 Å². The minimum absolute atomic E-state index is 0.0123. The standard InChI is InChI=1S/C32H44N4O15S.C30H41FN4O16S/c1-19(37)46-17-27-28(47-20(2)38)29(48-21(3)39)30(49-22(4)40)32(51-27)50-26-7-6-24(18-52-23(5)41)16-25(26)31(42)34-8-10-43-12-14-45-15-13-44-11-9-35-36-33;1-18(36)46-16-25-26(47-19(2)37)27(48-20(3)38)28(49-21(4)39)30(51-25)50-24-6-5-22(17-52(31,41)42)15-23(24)29(40)33-7-9-43-11-13-45-14-12-44-10-8-34-35-32/h6-7,16,27-30,32H,8-15,17-18H2,1-5H3,(H,34,42);5-6,15,25-28,30H,7-14,16-17H2,1-4H3,(H,33,40)/t27-,28+,29+,30-,32?;25-,26+,27+,28-,30?/m11/s1. The number of nitrogens with one attached hydrogen (secondary N) is 2. The summed E-state index contributed by atoms with van der Waals surface area (Å²) in [5, 5.41) is 11.8. The Labute approximate surface area is 600 Å². The number of rotatable bonds is 44. The van der Waals surface area contributed by atoms with E-state index >= 15 is 0 Å². The second-order valence-electron chi connectivity index (χ2n) is 21.6. The second-order valence-corrected chi connectivity index (χ2v) is 24.1. The number of azide groups is 2. The number of ether oxygens (including phenoxy) is 18. The Bertz CT molecular complexity index is 3400. The third-order valence-corrected chi connectivity index (χ3v) is 14.7. The van der Waals surface area contributed by atoms with Crippen molar-refractivity contribution in [3.8, 4) is 11.5 Å². The van der Waals surface area contributed by atoms with Gasteiger partial charge in [-0.1, -0.05) is 34.1 Å². The van der Waals surface area contributed by atoms with Crippen molar-refractivity contribution in [1.82, 2.24) is 10.6 Å². The highest BCUT2D eigenvalue weighted by molar-refractivity contribution is 8.12. The molecule has 10 atom stereocenters. The van der Waals surface area contributed by atoms with Gasteiger partial charge in [-0.05, 0) is 46.5 Å². The van der Waals surface area contributed by atoms with Crippen molar-refractivity contribution in [1.29, 1.82) is 0 Å². The van der Waals surface area contributed by atoms with Crippen LogP contribution < -0.4 is 20.1 Å². The minimum atomic E-state index is -5.02. The lowest BCUT2D eigenvalue weighted by atomic mass is 9.98. The zero-order valence-corrected chi connectivity index (χ0v) is 60.0. The number of carbonyl (C=O) groups excluding carboxylic acids is 11. The van der Waals surface area contributed by atoms with Gasteiger partial charge in [-0.3, -0.25) is 52.7 Å². The molecular weight excluding hydrogens is 1440 g/mol. The van der Waals surface area contributed by atoms with Gasteiger partial charge in [0.1, 0.15) is 42.7 Å². The van der Waals surface area contributed by atoms with Crippen LogP contribution in [0.15, 0.2) is 46.6 Å². The molecule has 0 radical (unpaired) electrons. The third kappa shape index (κ3) is 36.4. The molecule has 39 nitrogen and oxygen atoms in total. The monoisotopic (exact) mass is 1520 g/mol. The quantitative estimate of drug-likeness (QED) is 0.0183. The Morgan fingerprint density at radius 1 is 0.462 bits per heavy atom. The molecule has 2 aliphatic heterocycles. The normalized spacial score (nSPS) is 19.6. The summed E-state index contributed by atoms with van der Waals surface area (Å²) in [5.41, 5.74) is 16.6. The smallest absolute Gasteiger partial charge is 0.306 e. The van der Waals surface area contributed by atoms with E-state index in [9.17, 15) is 65.0 Å². The minimum Gasteiger partial charge on any atom is -0.463 e. The Morgan fingerprint density at radius 2 is 0.788 bits per heavy atom. The van der Waals surface area contributed by atoms with Gasteiger partial charge in [-0.25, -0.2) is 0 Å². The van der Waals surface area contributed by atoms with Gasteiger partial charge in [-0.2, -0.15) is 8.42 Å². The van der Waals surface area contributed by atoms with E-state index in [4.69, 9.17) is 96.3 Å². The van der Waals surface area contributed by atoms with Gasteiger partial charge < -0.3 is 95.9 Å². The summed E-state index contributed by atoms with van der Waals surface area (Å²) in [7, 11) is -5.02. The van der Waals surface area contributed by atoms with Gasteiger partial charge in [0.05, 0.1) is 90.4 Å². The van der Waals surface area contributed by atoms with E-state index in [1.165, 1.54) is 19.1 Å². The maximum atomic E-state index is 13.6. The average Bonchev–Trinajstić information content (AvgIpc) is 0.785. The van der Waals surface area contributed by atoms with Crippen LogP contribution in [-0.4, -0.2) is 253 Å². The van der Waals surface area contributed by atoms with Gasteiger partial charge in [0.2, 0.25) is 24.8 Å². The highest BCUT2D eigenvalue weighted by atomic mass is 32.3. The molecule has 2 fully saturated rings. The summed E-state index contributed by atoms with van der Waals surface area (Å²) in [6.45, 7) is 12.3. The molecule has 0 aromatic heterocycles. The molecule has 578 valence electrons. The van der Waals surface area contributed by atoms with Crippen molar-refractivity contribution in [3.63, 3.8) is 0 Å². The highest BCUT2D eigenvalue weighted by Gasteiger charge is 2.55. The lowest BCUT2D eigenvalue weighted by molar-refractivity contribution is -0.288. The van der Waals surface area contributed by atoms with Crippen LogP contribution in [0.3, 0.4) is 0 Å². The van der Waals surface area contributed by atoms with E-state index in [1.54, 1.807) is 6.07 Å². The first-order chi connectivity index (χ1) is 49.4. The van der Waals surface area contributed by atoms with Gasteiger partial charge in [0.25, 0.3) is 11.8 Å². The van der Waals surface area contributed by atoms with Crippen LogP contribution in [-0.2, 0) is 141 Å². The Kier molecular flexibility index (Phi) is 41.8. The summed E-state index contributed by atoms with van der Waals surface area (Å²) in [6, 6.07) is 7.92. The maximum absolute atomic E-state index is 13.6. The molecule has 2 heterocycles. The fourth-order valence-electron chi connectivity index (χ4n) is 9.14. The molecule has 0 spiro atoms. The Morgan fingerprint density at radius 3 is 1.12 bits per heavy atom. The molecule has 0 bridgehead atoms. The summed E-state index contributed by atoms with van der Waals surface area (Å²) >= 11 is 1.03. The number of amides is 2. The average molecular weight is 1520 g/mol. The van der Waals surface area contributed by atoms with E-state index in [2.05, 4.69) is 30.7 Å². The number of thioether (sulfide) groups is 1. The molecule has 0 saturated carbocycles. The van der Waals surface area contributed by atoms with E-state index in [0.29, 0.717) is 18.8 Å². The number of hydrogen-bond donors (Lipinski definition) is 2. The van der Waals surface area contributed by atoms with Crippen LogP contribution in [0.4, 0.5) is 3.89 Å². The topological polar surface area (TPSA) is 510 Å². The second kappa shape index (κ2) is 48.8. The fourth-order valence-corrected chi connectivity index (χ4v) is 10.3. The Hall–Kier alpha value is -9.06. The molecule has 2 saturated heterocycles. The molecule has 4 rings (SSSR count). The summed E-state index contributed by atoms with van der Waals surface area (Å²) in [5.74, 6) is -9.07. The molecule has 0 aliphatic carbocycles. The largest absolute Gasteiger partial charge is 0.463 e. The number of halogens is 1. The van der Waals surface area contributed by atoms with Gasteiger partial charge in [-0.15, -0.1) is 3.89 Å². The molecule has 2 aromatic carbocycles. The first kappa shape index (κ1) is 89.2. The molecule has 104 heavy (non-hydrogen) atoms. The van der Waals surface area contributed by atoms with Gasteiger partial charge in [0, 0.05) is 104 Å². The van der Waals surface area contributed by atoms with Crippen LogP contribution in [0.1, 0.15) is 94.2 Å². The van der Waals surface area contributed by atoms with Gasteiger partial charge >= 0.3 is 58.0 Å². The van der Waals surface area contributed by atoms with Gasteiger partial charge in [0.15, 0.2) is 29.5 Å². The predicted octanol–water partition coefficient (Wildman–Crippen LogP) is 3.06. The van der Waals surface area contributed by atoms with Crippen LogP contribution in [0.5, 0.6) is 11.5 Å². The van der Waals surface area contributed by atoms with Crippen molar-refractivity contribution in [2.24, 2.45) is 10.2 Å². The predicted molar refractivity (Wildman–Crippen MR) is 351 cm³/mol. The first-order valence-electron chi connectivity index (χ1n) is 31.7. The molecule has 2 unspecified atom stereocenters. The summed E-state index contributed by atoms with van der Waals surface area (Å²) in [6.07, 6.45) is -15.0. The van der Waals surface area contributed by atoms with Crippen molar-refractivity contribution >= 4 is 86.7 Å². The fraction of sp³-hybridized carbons (Fsp3) is 0.629. The number of hydrogen-bond acceptors (Lipinski definition) is 34. The van der Waals surface area contributed by atoms with Crippen LogP contribution >= 0.6 is 11.8 Å².